The van der Waals surface area contributed by atoms with Crippen LogP contribution in [0.25, 0.3) is 17.1 Å². The van der Waals surface area contributed by atoms with Gasteiger partial charge in [-0.2, -0.15) is 26.9 Å². The number of carbonyl (C=O) groups is 2. The molecule has 1 fully saturated rings. The van der Waals surface area contributed by atoms with Gasteiger partial charge in [0, 0.05) is 11.6 Å². The average Bonchev–Trinajstić information content (AvgIpc) is 3.67. The van der Waals surface area contributed by atoms with Crippen molar-refractivity contribution in [3.63, 3.8) is 0 Å². The lowest BCUT2D eigenvalue weighted by atomic mass is 10.0. The van der Waals surface area contributed by atoms with Gasteiger partial charge < -0.3 is 19.5 Å². The van der Waals surface area contributed by atoms with Gasteiger partial charge in [-0.15, -0.1) is 31.4 Å². The summed E-state index contributed by atoms with van der Waals surface area (Å²) in [5, 5.41) is 5.55. The lowest BCUT2D eigenvalue weighted by molar-refractivity contribution is -0.289. The minimum atomic E-state index is -6.23. The molecule has 2 heterocycles. The summed E-state index contributed by atoms with van der Waals surface area (Å²) in [7, 11) is 0. The van der Waals surface area contributed by atoms with Gasteiger partial charge in [0.2, 0.25) is 5.91 Å². The zero-order valence-corrected chi connectivity index (χ0v) is 27.1. The number of thioether (sulfide) groups is 1. The second-order valence-electron chi connectivity index (χ2n) is 10.2. The number of alkyl halides is 11. The summed E-state index contributed by atoms with van der Waals surface area (Å²) in [5.41, 5.74) is -2.58. The van der Waals surface area contributed by atoms with E-state index in [1.54, 1.807) is 0 Å². The highest BCUT2D eigenvalue weighted by Crippen LogP contribution is 2.49. The van der Waals surface area contributed by atoms with E-state index in [2.05, 4.69) is 29.9 Å². The third-order valence-corrected chi connectivity index (χ3v) is 7.79. The molecule has 3 aromatic carbocycles. The second-order valence-corrected chi connectivity index (χ2v) is 11.5. The molecule has 0 radical (unpaired) electrons. The Labute approximate surface area is 297 Å². The summed E-state index contributed by atoms with van der Waals surface area (Å²) in [6.07, 6.45) is -15.2. The van der Waals surface area contributed by atoms with Gasteiger partial charge in [-0.05, 0) is 54.6 Å². The Kier molecular flexibility index (Phi) is 10.7. The first kappa shape index (κ1) is 38.9. The van der Waals surface area contributed by atoms with E-state index in [-0.39, 0.29) is 39.7 Å². The van der Waals surface area contributed by atoms with Gasteiger partial charge in [-0.25, -0.2) is 14.5 Å². The molecular weight excluding hydrogens is 789 g/mol. The van der Waals surface area contributed by atoms with Crippen molar-refractivity contribution < 1.29 is 72.1 Å². The normalized spacial score (nSPS) is 14.8. The van der Waals surface area contributed by atoms with Crippen LogP contribution in [0.2, 0.25) is 5.02 Å². The first-order chi connectivity index (χ1) is 24.6. The molecule has 0 unspecified atom stereocenters. The molecule has 0 spiro atoms. The van der Waals surface area contributed by atoms with E-state index in [0.29, 0.717) is 23.0 Å². The van der Waals surface area contributed by atoms with Crippen LogP contribution in [-0.2, 0) is 10.7 Å². The first-order valence-electron chi connectivity index (χ1n) is 14.0. The van der Waals surface area contributed by atoms with Gasteiger partial charge in [0.15, 0.2) is 17.7 Å². The molecule has 0 atom stereocenters. The molecule has 24 heteroatoms. The summed E-state index contributed by atoms with van der Waals surface area (Å²) in [4.78, 5) is 32.9. The van der Waals surface area contributed by atoms with Gasteiger partial charge in [-0.3, -0.25) is 9.69 Å². The molecule has 11 nitrogen and oxygen atoms in total. The van der Waals surface area contributed by atoms with E-state index in [1.165, 1.54) is 41.3 Å². The molecular formula is C29H16ClF11N6O5S. The van der Waals surface area contributed by atoms with E-state index in [1.807, 2.05) is 0 Å². The lowest BCUT2D eigenvalue weighted by Crippen LogP contribution is -2.38. The van der Waals surface area contributed by atoms with E-state index in [0.717, 1.165) is 12.1 Å². The number of amidine groups is 1. The van der Waals surface area contributed by atoms with Crippen molar-refractivity contribution in [2.75, 3.05) is 17.4 Å². The number of nitrogens with one attached hydrogen (secondary N) is 1. The number of nitrogens with zero attached hydrogens (tertiary/aromatic N) is 5. The number of carbonyl (C=O) groups excluding carboxylic acids is 2. The molecule has 53 heavy (non-hydrogen) atoms. The maximum atomic E-state index is 14.5. The Balaban J connectivity index is 1.27. The summed E-state index contributed by atoms with van der Waals surface area (Å²) in [6.45, 7) is -0.666. The van der Waals surface area contributed by atoms with Gasteiger partial charge in [0.25, 0.3) is 0 Å². The van der Waals surface area contributed by atoms with Crippen LogP contribution in [-0.4, -0.2) is 63.3 Å². The molecule has 3 amide bonds. The van der Waals surface area contributed by atoms with Crippen LogP contribution in [0.15, 0.2) is 72.0 Å². The SMILES string of the molecule is O=C(N=C1SCC(=O)N1c1cc(OC(F)(F)F)ccc1C(F)(F)C(F)(F)F)NCOc1ccc(-c2ncn(-c3ccc(OC(F)(F)F)cc3)n2)cc1Cl. The number of urea groups is 1. The van der Waals surface area contributed by atoms with Crippen LogP contribution >= 0.6 is 23.4 Å². The number of benzene rings is 3. The lowest BCUT2D eigenvalue weighted by Gasteiger charge is -2.26. The Bertz CT molecular complexity index is 2040. The minimum absolute atomic E-state index is 0.00122. The van der Waals surface area contributed by atoms with Gasteiger partial charge in [0.1, 0.15) is 23.6 Å². The molecule has 4 aromatic rings. The van der Waals surface area contributed by atoms with E-state index in [4.69, 9.17) is 16.3 Å². The summed E-state index contributed by atoms with van der Waals surface area (Å²) < 4.78 is 158. The third-order valence-electron chi connectivity index (χ3n) is 6.57. The molecule has 1 saturated heterocycles. The van der Waals surface area contributed by atoms with Crippen molar-refractivity contribution in [1.29, 1.82) is 0 Å². The van der Waals surface area contributed by atoms with Gasteiger partial charge in [-0.1, -0.05) is 23.4 Å². The van der Waals surface area contributed by atoms with Gasteiger partial charge >= 0.3 is 30.9 Å². The molecule has 1 aliphatic rings. The second kappa shape index (κ2) is 14.6. The van der Waals surface area contributed by atoms with E-state index < -0.39 is 77.2 Å². The Morgan fingerprint density at radius 3 is 2.15 bits per heavy atom. The molecule has 0 aliphatic carbocycles. The number of aliphatic imine (C=N–C) groups is 1. The van der Waals surface area contributed by atoms with Crippen molar-refractivity contribution in [2.24, 2.45) is 4.99 Å². The standard InChI is InChI=1S/C29H16ClF11N6O5S/c30-19-9-14(23-42-12-46(45-23)15-2-4-16(5-3-15)51-28(36,37)38)1-8-21(19)50-13-43-24(49)44-25-47(22(48)11-53-25)20-10-17(52-29(39,40)41)6-7-18(20)26(31,32)27(33,34)35/h1-10,12H,11,13H2,(H,43,49). The van der Waals surface area contributed by atoms with Crippen LogP contribution in [0, 0.1) is 0 Å². The zero-order chi connectivity index (χ0) is 38.9. The zero-order valence-electron chi connectivity index (χ0n) is 25.5. The van der Waals surface area contributed by atoms with Crippen molar-refractivity contribution in [1.82, 2.24) is 20.1 Å². The fraction of sp³-hybridized carbons (Fsp3) is 0.207. The quantitative estimate of drug-likeness (QED) is 0.133. The Morgan fingerprint density at radius 2 is 1.53 bits per heavy atom. The van der Waals surface area contributed by atoms with E-state index in [9.17, 15) is 57.9 Å². The van der Waals surface area contributed by atoms with Crippen LogP contribution in [0.1, 0.15) is 5.56 Å². The number of hydrogen-bond donors (Lipinski definition) is 1. The number of anilines is 1. The maximum Gasteiger partial charge on any atom is 0.573 e. The highest BCUT2D eigenvalue weighted by atomic mass is 35.5. The third kappa shape index (κ3) is 9.38. The Morgan fingerprint density at radius 1 is 0.887 bits per heavy atom. The van der Waals surface area contributed by atoms with Crippen LogP contribution in [0.5, 0.6) is 17.2 Å². The molecule has 0 saturated carbocycles. The van der Waals surface area contributed by atoms with Crippen molar-refractivity contribution in [3.8, 4) is 34.3 Å². The molecule has 1 N–H and O–H groups in total. The highest BCUT2D eigenvalue weighted by Gasteiger charge is 2.60. The molecule has 282 valence electrons. The van der Waals surface area contributed by atoms with Crippen LogP contribution in [0.3, 0.4) is 0 Å². The number of rotatable bonds is 9. The monoisotopic (exact) mass is 804 g/mol. The Hall–Kier alpha value is -5.32. The summed E-state index contributed by atoms with van der Waals surface area (Å²) >= 11 is 6.68. The van der Waals surface area contributed by atoms with Gasteiger partial charge in [0.05, 0.1) is 27.7 Å². The summed E-state index contributed by atoms with van der Waals surface area (Å²) in [6, 6.07) is 7.93. The topological polar surface area (TPSA) is 120 Å². The minimum Gasteiger partial charge on any atom is -0.472 e. The van der Waals surface area contributed by atoms with Crippen molar-refractivity contribution in [3.05, 3.63) is 77.6 Å². The fourth-order valence-corrected chi connectivity index (χ4v) is 5.47. The number of halogens is 12. The smallest absolute Gasteiger partial charge is 0.472 e. The van der Waals surface area contributed by atoms with Crippen LogP contribution < -0.4 is 24.4 Å². The number of hydrogen-bond acceptors (Lipinski definition) is 8. The van der Waals surface area contributed by atoms with Crippen molar-refractivity contribution >= 4 is 46.2 Å². The molecule has 1 aromatic heterocycles. The molecule has 0 bridgehead atoms. The predicted octanol–water partition coefficient (Wildman–Crippen LogP) is 8.22. The maximum absolute atomic E-state index is 14.5. The predicted molar refractivity (Wildman–Crippen MR) is 163 cm³/mol. The van der Waals surface area contributed by atoms with E-state index >= 15 is 0 Å². The number of amides is 3. The number of ether oxygens (including phenoxy) is 3. The van der Waals surface area contributed by atoms with Crippen molar-refractivity contribution in [2.45, 2.75) is 24.8 Å². The highest BCUT2D eigenvalue weighted by molar-refractivity contribution is 8.15. The van der Waals surface area contributed by atoms with Crippen LogP contribution in [0.4, 0.5) is 58.8 Å². The fourth-order valence-electron chi connectivity index (χ4n) is 4.37. The largest absolute Gasteiger partial charge is 0.573 e. The molecule has 1 aliphatic heterocycles. The average molecular weight is 805 g/mol. The molecule has 5 rings (SSSR count). The summed E-state index contributed by atoms with van der Waals surface area (Å²) in [5.74, 6) is -9.06. The number of aromatic nitrogens is 3. The first-order valence-corrected chi connectivity index (χ1v) is 15.4.